The van der Waals surface area contributed by atoms with Crippen molar-refractivity contribution in [2.45, 2.75) is 46.1 Å². The minimum atomic E-state index is -0.321. The molecule has 0 amide bonds. The van der Waals surface area contributed by atoms with Gasteiger partial charge < -0.3 is 15.8 Å². The highest BCUT2D eigenvalue weighted by Crippen LogP contribution is 2.40. The Balaban J connectivity index is 2.28. The SMILES string of the molecule is CCOC(=O)c1cccc(N)c1NC1CCCC1(C)C. The second-order valence-electron chi connectivity index (χ2n) is 6.07. The van der Waals surface area contributed by atoms with E-state index in [9.17, 15) is 4.79 Å². The lowest BCUT2D eigenvalue weighted by Gasteiger charge is -2.30. The third-order valence-corrected chi connectivity index (χ3v) is 4.17. The summed E-state index contributed by atoms with van der Waals surface area (Å²) in [6, 6.07) is 5.69. The average Bonchev–Trinajstić information content (AvgIpc) is 2.71. The van der Waals surface area contributed by atoms with Crippen LogP contribution in [0.2, 0.25) is 0 Å². The van der Waals surface area contributed by atoms with E-state index in [0.29, 0.717) is 29.6 Å². The van der Waals surface area contributed by atoms with Crippen LogP contribution in [0, 0.1) is 5.41 Å². The van der Waals surface area contributed by atoms with Crippen molar-refractivity contribution >= 4 is 17.3 Å². The Hall–Kier alpha value is -1.71. The Morgan fingerprint density at radius 3 is 2.85 bits per heavy atom. The Morgan fingerprint density at radius 1 is 1.50 bits per heavy atom. The van der Waals surface area contributed by atoms with Crippen molar-refractivity contribution in [2.75, 3.05) is 17.7 Å². The molecule has 1 aliphatic rings. The molecule has 0 radical (unpaired) electrons. The summed E-state index contributed by atoms with van der Waals surface area (Å²) in [4.78, 5) is 12.0. The average molecular weight is 276 g/mol. The van der Waals surface area contributed by atoms with Gasteiger partial charge in [0.15, 0.2) is 0 Å². The first-order valence-electron chi connectivity index (χ1n) is 7.28. The Labute approximate surface area is 120 Å². The molecule has 0 aliphatic heterocycles. The van der Waals surface area contributed by atoms with Gasteiger partial charge in [-0.05, 0) is 37.3 Å². The van der Waals surface area contributed by atoms with Gasteiger partial charge in [0.1, 0.15) is 0 Å². The predicted octanol–water partition coefficient (Wildman–Crippen LogP) is 3.44. The van der Waals surface area contributed by atoms with Gasteiger partial charge in [0.25, 0.3) is 0 Å². The number of carbonyl (C=O) groups is 1. The molecule has 0 spiro atoms. The normalized spacial score (nSPS) is 20.6. The van der Waals surface area contributed by atoms with Crippen LogP contribution in [0.15, 0.2) is 18.2 Å². The van der Waals surface area contributed by atoms with Crippen molar-refractivity contribution in [3.8, 4) is 0 Å². The molecule has 110 valence electrons. The van der Waals surface area contributed by atoms with Crippen LogP contribution in [0.5, 0.6) is 0 Å². The van der Waals surface area contributed by atoms with Gasteiger partial charge >= 0.3 is 5.97 Å². The van der Waals surface area contributed by atoms with Crippen LogP contribution in [0.1, 0.15) is 50.4 Å². The molecule has 1 aliphatic carbocycles. The third-order valence-electron chi connectivity index (χ3n) is 4.17. The summed E-state index contributed by atoms with van der Waals surface area (Å²) in [6.07, 6.45) is 3.49. The van der Waals surface area contributed by atoms with Crippen molar-refractivity contribution in [1.29, 1.82) is 0 Å². The Morgan fingerprint density at radius 2 is 2.25 bits per heavy atom. The molecule has 0 saturated heterocycles. The fourth-order valence-corrected chi connectivity index (χ4v) is 2.88. The van der Waals surface area contributed by atoms with E-state index < -0.39 is 0 Å². The summed E-state index contributed by atoms with van der Waals surface area (Å²) in [6.45, 7) is 6.67. The van der Waals surface area contributed by atoms with Crippen molar-refractivity contribution in [3.05, 3.63) is 23.8 Å². The van der Waals surface area contributed by atoms with Crippen LogP contribution in [0.3, 0.4) is 0 Å². The lowest BCUT2D eigenvalue weighted by atomic mass is 9.87. The van der Waals surface area contributed by atoms with Gasteiger partial charge in [-0.25, -0.2) is 4.79 Å². The summed E-state index contributed by atoms with van der Waals surface area (Å²) in [5, 5.41) is 3.48. The summed E-state index contributed by atoms with van der Waals surface area (Å²) in [5.41, 5.74) is 8.10. The van der Waals surface area contributed by atoms with Crippen LogP contribution < -0.4 is 11.1 Å². The zero-order valence-corrected chi connectivity index (χ0v) is 12.5. The van der Waals surface area contributed by atoms with Crippen molar-refractivity contribution in [1.82, 2.24) is 0 Å². The lowest BCUT2D eigenvalue weighted by Crippen LogP contribution is -2.32. The van der Waals surface area contributed by atoms with E-state index in [0.717, 1.165) is 6.42 Å². The van der Waals surface area contributed by atoms with E-state index in [1.165, 1.54) is 12.8 Å². The molecular formula is C16H24N2O2. The van der Waals surface area contributed by atoms with E-state index >= 15 is 0 Å². The number of nitrogens with one attached hydrogen (secondary N) is 1. The van der Waals surface area contributed by atoms with Crippen LogP contribution in [-0.2, 0) is 4.74 Å². The number of nitrogens with two attached hydrogens (primary N) is 1. The molecule has 20 heavy (non-hydrogen) atoms. The van der Waals surface area contributed by atoms with E-state index in [-0.39, 0.29) is 11.4 Å². The van der Waals surface area contributed by atoms with E-state index in [2.05, 4.69) is 19.2 Å². The number of hydrogen-bond donors (Lipinski definition) is 2. The topological polar surface area (TPSA) is 64.3 Å². The monoisotopic (exact) mass is 276 g/mol. The zero-order valence-electron chi connectivity index (χ0n) is 12.5. The number of ether oxygens (including phenoxy) is 1. The molecule has 4 nitrogen and oxygen atoms in total. The molecule has 0 aromatic heterocycles. The van der Waals surface area contributed by atoms with Gasteiger partial charge in [-0.3, -0.25) is 0 Å². The second-order valence-corrected chi connectivity index (χ2v) is 6.07. The Kier molecular flexibility index (Phi) is 4.21. The molecule has 4 heteroatoms. The van der Waals surface area contributed by atoms with Crippen LogP contribution in [0.4, 0.5) is 11.4 Å². The fraction of sp³-hybridized carbons (Fsp3) is 0.562. The standard InChI is InChI=1S/C16H24N2O2/c1-4-20-15(19)11-7-5-8-12(17)14(11)18-13-9-6-10-16(13,2)3/h5,7-8,13,18H,4,6,9-10,17H2,1-3H3. The number of anilines is 2. The Bertz CT molecular complexity index is 497. The summed E-state index contributed by atoms with van der Waals surface area (Å²) in [7, 11) is 0. The summed E-state index contributed by atoms with van der Waals surface area (Å²) < 4.78 is 5.11. The van der Waals surface area contributed by atoms with E-state index in [1.807, 2.05) is 6.07 Å². The second kappa shape index (κ2) is 5.73. The van der Waals surface area contributed by atoms with Crippen LogP contribution >= 0.6 is 0 Å². The van der Waals surface area contributed by atoms with Crippen molar-refractivity contribution < 1.29 is 9.53 Å². The number of carbonyl (C=O) groups excluding carboxylic acids is 1. The molecule has 0 bridgehead atoms. The van der Waals surface area contributed by atoms with E-state index in [4.69, 9.17) is 10.5 Å². The van der Waals surface area contributed by atoms with Gasteiger partial charge in [0.05, 0.1) is 23.5 Å². The number of hydrogen-bond acceptors (Lipinski definition) is 4. The molecule has 3 N–H and O–H groups in total. The molecule has 1 aromatic rings. The maximum atomic E-state index is 12.0. The quantitative estimate of drug-likeness (QED) is 0.653. The molecule has 1 atom stereocenters. The molecular weight excluding hydrogens is 252 g/mol. The highest BCUT2D eigenvalue weighted by molar-refractivity contribution is 5.98. The third kappa shape index (κ3) is 2.89. The highest BCUT2D eigenvalue weighted by atomic mass is 16.5. The van der Waals surface area contributed by atoms with Gasteiger partial charge in [-0.15, -0.1) is 0 Å². The van der Waals surface area contributed by atoms with Gasteiger partial charge in [0.2, 0.25) is 0 Å². The highest BCUT2D eigenvalue weighted by Gasteiger charge is 2.35. The van der Waals surface area contributed by atoms with Crippen LogP contribution in [0.25, 0.3) is 0 Å². The predicted molar refractivity (Wildman–Crippen MR) is 81.9 cm³/mol. The first-order valence-corrected chi connectivity index (χ1v) is 7.28. The number of nitrogen functional groups attached to an aromatic ring is 1. The summed E-state index contributed by atoms with van der Waals surface area (Å²) >= 11 is 0. The zero-order chi connectivity index (χ0) is 14.8. The van der Waals surface area contributed by atoms with Crippen molar-refractivity contribution in [2.24, 2.45) is 5.41 Å². The number of para-hydroxylation sites is 1. The van der Waals surface area contributed by atoms with E-state index in [1.54, 1.807) is 19.1 Å². The number of benzene rings is 1. The first-order chi connectivity index (χ1) is 9.45. The smallest absolute Gasteiger partial charge is 0.340 e. The largest absolute Gasteiger partial charge is 0.462 e. The van der Waals surface area contributed by atoms with Gasteiger partial charge in [-0.2, -0.15) is 0 Å². The summed E-state index contributed by atoms with van der Waals surface area (Å²) in [5.74, 6) is -0.321. The molecule has 1 aromatic carbocycles. The van der Waals surface area contributed by atoms with Crippen LogP contribution in [-0.4, -0.2) is 18.6 Å². The number of rotatable bonds is 4. The minimum absolute atomic E-state index is 0.216. The fourth-order valence-electron chi connectivity index (χ4n) is 2.88. The number of esters is 1. The maximum absolute atomic E-state index is 12.0. The van der Waals surface area contributed by atoms with Gasteiger partial charge in [-0.1, -0.05) is 26.3 Å². The molecule has 1 saturated carbocycles. The molecule has 0 heterocycles. The van der Waals surface area contributed by atoms with Gasteiger partial charge in [0, 0.05) is 6.04 Å². The molecule has 1 fully saturated rings. The maximum Gasteiger partial charge on any atom is 0.340 e. The lowest BCUT2D eigenvalue weighted by molar-refractivity contribution is 0.0527. The minimum Gasteiger partial charge on any atom is -0.462 e. The van der Waals surface area contributed by atoms with Crippen molar-refractivity contribution in [3.63, 3.8) is 0 Å². The molecule has 1 unspecified atom stereocenters. The first kappa shape index (κ1) is 14.7. The molecule has 2 rings (SSSR count).